The van der Waals surface area contributed by atoms with E-state index < -0.39 is 10.0 Å². The lowest BCUT2D eigenvalue weighted by Crippen LogP contribution is -2.30. The standard InChI is InChI=1S/C17H27N3O3S/c1-3-20(4-2)24(22,23)16-7-5-15(6-8-16)17(21)19-12-10-14-9-11-18-13-14/h5-8,14,18H,3-4,9-13H2,1-2H3,(H,19,21). The molecule has 24 heavy (non-hydrogen) atoms. The van der Waals surface area contributed by atoms with Gasteiger partial charge in [-0.25, -0.2) is 8.42 Å². The smallest absolute Gasteiger partial charge is 0.251 e. The SMILES string of the molecule is CCN(CC)S(=O)(=O)c1ccc(C(=O)NCCC2CCNC2)cc1. The predicted octanol–water partition coefficient (Wildman–Crippen LogP) is 1.45. The van der Waals surface area contributed by atoms with Gasteiger partial charge in [0.05, 0.1) is 4.90 Å². The van der Waals surface area contributed by atoms with Crippen molar-refractivity contribution in [2.75, 3.05) is 32.7 Å². The first-order valence-electron chi connectivity index (χ1n) is 8.58. The third-order valence-corrected chi connectivity index (χ3v) is 6.52. The van der Waals surface area contributed by atoms with Gasteiger partial charge in [-0.05, 0) is 56.1 Å². The van der Waals surface area contributed by atoms with Crippen LogP contribution in [0.1, 0.15) is 37.0 Å². The van der Waals surface area contributed by atoms with Gasteiger partial charge in [0.2, 0.25) is 10.0 Å². The van der Waals surface area contributed by atoms with Crippen LogP contribution >= 0.6 is 0 Å². The van der Waals surface area contributed by atoms with Gasteiger partial charge < -0.3 is 10.6 Å². The third-order valence-electron chi connectivity index (χ3n) is 4.46. The summed E-state index contributed by atoms with van der Waals surface area (Å²) >= 11 is 0. The third kappa shape index (κ3) is 4.55. The number of rotatable bonds is 8. The molecule has 1 unspecified atom stereocenters. The molecule has 7 heteroatoms. The summed E-state index contributed by atoms with van der Waals surface area (Å²) in [5, 5.41) is 6.21. The molecule has 134 valence electrons. The summed E-state index contributed by atoms with van der Waals surface area (Å²) in [4.78, 5) is 12.4. The van der Waals surface area contributed by atoms with Gasteiger partial charge in [-0.2, -0.15) is 4.31 Å². The molecule has 1 fully saturated rings. The molecule has 0 saturated carbocycles. The molecule has 1 aliphatic heterocycles. The maximum atomic E-state index is 12.4. The van der Waals surface area contributed by atoms with E-state index in [9.17, 15) is 13.2 Å². The van der Waals surface area contributed by atoms with E-state index in [2.05, 4.69) is 10.6 Å². The average Bonchev–Trinajstić information content (AvgIpc) is 3.09. The molecule has 0 bridgehead atoms. The Bertz CT molecular complexity index is 634. The molecule has 2 rings (SSSR count). The van der Waals surface area contributed by atoms with Crippen molar-refractivity contribution < 1.29 is 13.2 Å². The molecule has 1 atom stereocenters. The highest BCUT2D eigenvalue weighted by Gasteiger charge is 2.21. The van der Waals surface area contributed by atoms with Crippen molar-refractivity contribution in [2.24, 2.45) is 5.92 Å². The zero-order valence-corrected chi connectivity index (χ0v) is 15.2. The van der Waals surface area contributed by atoms with Crippen LogP contribution in [0, 0.1) is 5.92 Å². The number of amides is 1. The normalized spacial score (nSPS) is 18.0. The summed E-state index contributed by atoms with van der Waals surface area (Å²) < 4.78 is 26.2. The summed E-state index contributed by atoms with van der Waals surface area (Å²) in [6.07, 6.45) is 2.13. The average molecular weight is 353 g/mol. The fourth-order valence-electron chi connectivity index (χ4n) is 2.94. The summed E-state index contributed by atoms with van der Waals surface area (Å²) in [7, 11) is -3.48. The minimum absolute atomic E-state index is 0.159. The van der Waals surface area contributed by atoms with E-state index in [1.54, 1.807) is 12.1 Å². The largest absolute Gasteiger partial charge is 0.352 e. The first-order chi connectivity index (χ1) is 11.5. The van der Waals surface area contributed by atoms with Crippen molar-refractivity contribution in [1.29, 1.82) is 0 Å². The van der Waals surface area contributed by atoms with Gasteiger partial charge in [0.1, 0.15) is 0 Å². The molecule has 0 aromatic heterocycles. The van der Waals surface area contributed by atoms with E-state index in [1.165, 1.54) is 16.4 Å². The van der Waals surface area contributed by atoms with Crippen LogP contribution in [0.3, 0.4) is 0 Å². The van der Waals surface area contributed by atoms with Crippen LogP contribution in [0.5, 0.6) is 0 Å². The summed E-state index contributed by atoms with van der Waals surface area (Å²) in [5.74, 6) is 0.472. The summed E-state index contributed by atoms with van der Waals surface area (Å²) in [6.45, 7) is 7.19. The highest BCUT2D eigenvalue weighted by Crippen LogP contribution is 2.16. The first kappa shape index (κ1) is 18.9. The zero-order valence-electron chi connectivity index (χ0n) is 14.4. The molecule has 6 nitrogen and oxygen atoms in total. The Kier molecular flexibility index (Phi) is 6.77. The monoisotopic (exact) mass is 353 g/mol. The van der Waals surface area contributed by atoms with E-state index in [0.29, 0.717) is 31.1 Å². The number of sulfonamides is 1. The Labute approximate surface area is 144 Å². The molecular weight excluding hydrogens is 326 g/mol. The Morgan fingerprint density at radius 3 is 2.46 bits per heavy atom. The maximum absolute atomic E-state index is 12.4. The second kappa shape index (κ2) is 8.60. The Hall–Kier alpha value is -1.44. The van der Waals surface area contributed by atoms with E-state index in [1.807, 2.05) is 13.8 Å². The molecule has 1 aromatic rings. The lowest BCUT2D eigenvalue weighted by molar-refractivity contribution is 0.0951. The quantitative estimate of drug-likeness (QED) is 0.741. The van der Waals surface area contributed by atoms with Gasteiger partial charge >= 0.3 is 0 Å². The summed E-state index contributed by atoms with van der Waals surface area (Å²) in [5.41, 5.74) is 0.484. The molecule has 1 amide bonds. The second-order valence-corrected chi connectivity index (χ2v) is 7.96. The summed E-state index contributed by atoms with van der Waals surface area (Å²) in [6, 6.07) is 6.15. The van der Waals surface area contributed by atoms with Gasteiger partial charge in [-0.15, -0.1) is 0 Å². The zero-order chi connectivity index (χ0) is 17.6. The molecule has 1 heterocycles. The van der Waals surface area contributed by atoms with E-state index in [4.69, 9.17) is 0 Å². The number of nitrogens with zero attached hydrogens (tertiary/aromatic N) is 1. The lowest BCUT2D eigenvalue weighted by atomic mass is 10.1. The number of hydrogen-bond donors (Lipinski definition) is 2. The molecule has 0 radical (unpaired) electrons. The molecule has 0 aliphatic carbocycles. The van der Waals surface area contributed by atoms with Crippen LogP contribution in [0.25, 0.3) is 0 Å². The fraction of sp³-hybridized carbons (Fsp3) is 0.588. The van der Waals surface area contributed by atoms with E-state index in [0.717, 1.165) is 25.9 Å². The van der Waals surface area contributed by atoms with E-state index >= 15 is 0 Å². The highest BCUT2D eigenvalue weighted by atomic mass is 32.2. The number of benzene rings is 1. The number of carbonyl (C=O) groups is 1. The molecule has 1 aromatic carbocycles. The van der Waals surface area contributed by atoms with Gasteiger partial charge in [0, 0.05) is 25.2 Å². The van der Waals surface area contributed by atoms with Gasteiger partial charge in [0.15, 0.2) is 0 Å². The van der Waals surface area contributed by atoms with Crippen molar-refractivity contribution in [3.8, 4) is 0 Å². The van der Waals surface area contributed by atoms with Crippen molar-refractivity contribution in [3.05, 3.63) is 29.8 Å². The first-order valence-corrected chi connectivity index (χ1v) is 10.0. The van der Waals surface area contributed by atoms with Crippen LogP contribution in [0.4, 0.5) is 0 Å². The molecule has 1 aliphatic rings. The van der Waals surface area contributed by atoms with Crippen molar-refractivity contribution >= 4 is 15.9 Å². The van der Waals surface area contributed by atoms with Crippen molar-refractivity contribution in [1.82, 2.24) is 14.9 Å². The Morgan fingerprint density at radius 2 is 1.92 bits per heavy atom. The lowest BCUT2D eigenvalue weighted by Gasteiger charge is -2.18. The van der Waals surface area contributed by atoms with Crippen LogP contribution < -0.4 is 10.6 Å². The van der Waals surface area contributed by atoms with Gasteiger partial charge in [-0.3, -0.25) is 4.79 Å². The topological polar surface area (TPSA) is 78.5 Å². The Morgan fingerprint density at radius 1 is 1.25 bits per heavy atom. The minimum Gasteiger partial charge on any atom is -0.352 e. The van der Waals surface area contributed by atoms with Crippen molar-refractivity contribution in [3.63, 3.8) is 0 Å². The number of nitrogens with one attached hydrogen (secondary N) is 2. The van der Waals surface area contributed by atoms with Gasteiger partial charge in [-0.1, -0.05) is 13.8 Å². The van der Waals surface area contributed by atoms with Crippen LogP contribution in [-0.2, 0) is 10.0 Å². The Balaban J connectivity index is 1.94. The number of carbonyl (C=O) groups excluding carboxylic acids is 1. The van der Waals surface area contributed by atoms with Crippen molar-refractivity contribution in [2.45, 2.75) is 31.6 Å². The molecular formula is C17H27N3O3S. The fourth-order valence-corrected chi connectivity index (χ4v) is 4.40. The van der Waals surface area contributed by atoms with Crippen LogP contribution in [0.15, 0.2) is 29.2 Å². The van der Waals surface area contributed by atoms with Crippen LogP contribution in [-0.4, -0.2) is 51.4 Å². The molecule has 1 saturated heterocycles. The van der Waals surface area contributed by atoms with E-state index in [-0.39, 0.29) is 10.8 Å². The van der Waals surface area contributed by atoms with Gasteiger partial charge in [0.25, 0.3) is 5.91 Å². The predicted molar refractivity (Wildman–Crippen MR) is 94.5 cm³/mol. The highest BCUT2D eigenvalue weighted by molar-refractivity contribution is 7.89. The minimum atomic E-state index is -3.48. The molecule has 0 spiro atoms. The second-order valence-electron chi connectivity index (χ2n) is 6.02. The van der Waals surface area contributed by atoms with Crippen LogP contribution in [0.2, 0.25) is 0 Å². The molecule has 2 N–H and O–H groups in total. The maximum Gasteiger partial charge on any atom is 0.251 e. The number of hydrogen-bond acceptors (Lipinski definition) is 4.